The van der Waals surface area contributed by atoms with Crippen molar-refractivity contribution < 1.29 is 28.6 Å². The first kappa shape index (κ1) is 53.1. The smallest absolute Gasteiger partial charge is 0.306 e. The molecule has 0 aliphatic rings. The molecule has 6 nitrogen and oxygen atoms in total. The van der Waals surface area contributed by atoms with Gasteiger partial charge in [0.05, 0.1) is 0 Å². The van der Waals surface area contributed by atoms with E-state index in [-0.39, 0.29) is 37.5 Å². The number of rotatable bonds is 41. The molecule has 6 heteroatoms. The fraction of sp³-hybridized carbons (Fsp3) is 0.740. The summed E-state index contributed by atoms with van der Waals surface area (Å²) >= 11 is 0. The standard InChI is InChI=1S/C50H86O6/c1-4-7-10-13-16-19-22-24-26-28-31-34-37-40-43-49(52)55-46-47(45-54-48(51)42-39-36-33-30-27-21-18-15-12-9-6-3)56-50(53)44-41-38-35-32-29-25-23-20-17-14-11-8-5-2/h9,12,18,21,25-26,28-30,33,47H,4-8,10-11,13-17,19-20,22-24,27,31-32,34-46H2,1-3H3/b12-9-,21-18-,28-26-,29-25-,33-30-. The fourth-order valence-corrected chi connectivity index (χ4v) is 6.22. The number of carbonyl (C=O) groups excluding carboxylic acids is 3. The summed E-state index contributed by atoms with van der Waals surface area (Å²) in [5.74, 6) is -0.994. The van der Waals surface area contributed by atoms with Gasteiger partial charge in [-0.2, -0.15) is 0 Å². The minimum atomic E-state index is -0.805. The van der Waals surface area contributed by atoms with Crippen molar-refractivity contribution in [1.82, 2.24) is 0 Å². The molecule has 0 bridgehead atoms. The van der Waals surface area contributed by atoms with Crippen LogP contribution in [0.1, 0.15) is 220 Å². The molecule has 0 N–H and O–H groups in total. The Balaban J connectivity index is 4.47. The average Bonchev–Trinajstić information content (AvgIpc) is 3.19. The molecular weight excluding hydrogens is 697 g/mol. The summed E-state index contributed by atoms with van der Waals surface area (Å²) in [6.07, 6.45) is 53.6. The van der Waals surface area contributed by atoms with Crippen LogP contribution >= 0.6 is 0 Å². The Labute approximate surface area is 345 Å². The third-order valence-electron chi connectivity index (χ3n) is 9.73. The monoisotopic (exact) mass is 783 g/mol. The van der Waals surface area contributed by atoms with Crippen LogP contribution in [0.4, 0.5) is 0 Å². The Morgan fingerprint density at radius 1 is 0.375 bits per heavy atom. The lowest BCUT2D eigenvalue weighted by Crippen LogP contribution is -2.30. The number of esters is 3. The van der Waals surface area contributed by atoms with Gasteiger partial charge in [-0.25, -0.2) is 0 Å². The molecule has 0 radical (unpaired) electrons. The van der Waals surface area contributed by atoms with Crippen molar-refractivity contribution in [3.05, 3.63) is 60.8 Å². The molecule has 0 aliphatic heterocycles. The maximum atomic E-state index is 12.7. The first-order valence-electron chi connectivity index (χ1n) is 23.3. The van der Waals surface area contributed by atoms with Gasteiger partial charge in [0.15, 0.2) is 6.10 Å². The van der Waals surface area contributed by atoms with Gasteiger partial charge in [-0.15, -0.1) is 0 Å². The normalized spacial score (nSPS) is 12.6. The van der Waals surface area contributed by atoms with E-state index in [0.717, 1.165) is 89.9 Å². The van der Waals surface area contributed by atoms with Gasteiger partial charge in [0, 0.05) is 19.3 Å². The summed E-state index contributed by atoms with van der Waals surface area (Å²) in [7, 11) is 0. The van der Waals surface area contributed by atoms with Crippen LogP contribution in [0.25, 0.3) is 0 Å². The average molecular weight is 783 g/mol. The fourth-order valence-electron chi connectivity index (χ4n) is 6.22. The van der Waals surface area contributed by atoms with E-state index in [2.05, 4.69) is 81.5 Å². The summed E-state index contributed by atoms with van der Waals surface area (Å²) in [5.41, 5.74) is 0. The molecule has 1 unspecified atom stereocenters. The topological polar surface area (TPSA) is 78.9 Å². The molecule has 0 fully saturated rings. The first-order valence-corrected chi connectivity index (χ1v) is 23.3. The Morgan fingerprint density at radius 3 is 1.18 bits per heavy atom. The van der Waals surface area contributed by atoms with Crippen molar-refractivity contribution in [2.24, 2.45) is 0 Å². The zero-order valence-electron chi connectivity index (χ0n) is 36.6. The third-order valence-corrected chi connectivity index (χ3v) is 9.73. The summed E-state index contributed by atoms with van der Waals surface area (Å²) < 4.78 is 16.6. The molecule has 0 saturated heterocycles. The second kappa shape index (κ2) is 44.8. The SMILES string of the molecule is CC/C=C\C/C=C\C/C=C\CCCC(=O)OCC(COC(=O)CCCCC/C=C\CCCCCCCCC)OC(=O)CCCCC/C=C\CCCCCCCC. The number of allylic oxidation sites excluding steroid dienone is 10. The molecule has 0 amide bonds. The molecule has 0 spiro atoms. The second-order valence-electron chi connectivity index (χ2n) is 15.3. The van der Waals surface area contributed by atoms with Gasteiger partial charge in [-0.05, 0) is 96.3 Å². The number of ether oxygens (including phenoxy) is 3. The highest BCUT2D eigenvalue weighted by molar-refractivity contribution is 5.71. The zero-order valence-corrected chi connectivity index (χ0v) is 36.6. The largest absolute Gasteiger partial charge is 0.462 e. The van der Waals surface area contributed by atoms with Crippen molar-refractivity contribution in [1.29, 1.82) is 0 Å². The Morgan fingerprint density at radius 2 is 0.714 bits per heavy atom. The van der Waals surface area contributed by atoms with Crippen LogP contribution in [0.15, 0.2) is 60.8 Å². The van der Waals surface area contributed by atoms with Crippen LogP contribution < -0.4 is 0 Å². The van der Waals surface area contributed by atoms with Crippen LogP contribution in [-0.4, -0.2) is 37.2 Å². The molecular formula is C50H86O6. The molecule has 56 heavy (non-hydrogen) atoms. The molecule has 0 aromatic heterocycles. The quantitative estimate of drug-likeness (QED) is 0.0266. The van der Waals surface area contributed by atoms with Gasteiger partial charge >= 0.3 is 17.9 Å². The summed E-state index contributed by atoms with van der Waals surface area (Å²) in [6, 6.07) is 0. The molecule has 322 valence electrons. The highest BCUT2D eigenvalue weighted by Crippen LogP contribution is 2.12. The Bertz CT molecular complexity index is 1040. The van der Waals surface area contributed by atoms with Crippen molar-refractivity contribution in [2.75, 3.05) is 13.2 Å². The van der Waals surface area contributed by atoms with Crippen molar-refractivity contribution in [2.45, 2.75) is 226 Å². The minimum Gasteiger partial charge on any atom is -0.462 e. The Hall–Kier alpha value is -2.89. The van der Waals surface area contributed by atoms with E-state index in [4.69, 9.17) is 14.2 Å². The second-order valence-corrected chi connectivity index (χ2v) is 15.3. The van der Waals surface area contributed by atoms with Gasteiger partial charge < -0.3 is 14.2 Å². The van der Waals surface area contributed by atoms with Gasteiger partial charge in [0.1, 0.15) is 13.2 Å². The highest BCUT2D eigenvalue weighted by atomic mass is 16.6. The van der Waals surface area contributed by atoms with Crippen molar-refractivity contribution in [3.63, 3.8) is 0 Å². The molecule has 0 aromatic rings. The summed E-state index contributed by atoms with van der Waals surface area (Å²) in [4.78, 5) is 37.7. The molecule has 0 heterocycles. The van der Waals surface area contributed by atoms with Crippen LogP contribution in [-0.2, 0) is 28.6 Å². The van der Waals surface area contributed by atoms with E-state index in [1.165, 1.54) is 83.5 Å². The van der Waals surface area contributed by atoms with Crippen LogP contribution in [0.2, 0.25) is 0 Å². The van der Waals surface area contributed by atoms with Crippen LogP contribution in [0, 0.1) is 0 Å². The number of hydrogen-bond acceptors (Lipinski definition) is 6. The van der Waals surface area contributed by atoms with Gasteiger partial charge in [-0.3, -0.25) is 14.4 Å². The van der Waals surface area contributed by atoms with Gasteiger partial charge in [0.25, 0.3) is 0 Å². The highest BCUT2D eigenvalue weighted by Gasteiger charge is 2.19. The lowest BCUT2D eigenvalue weighted by Gasteiger charge is -2.18. The van der Waals surface area contributed by atoms with Crippen LogP contribution in [0.3, 0.4) is 0 Å². The maximum Gasteiger partial charge on any atom is 0.306 e. The number of hydrogen-bond donors (Lipinski definition) is 0. The van der Waals surface area contributed by atoms with Gasteiger partial charge in [-0.1, -0.05) is 165 Å². The predicted octanol–water partition coefficient (Wildman–Crippen LogP) is 14.9. The molecule has 0 aliphatic carbocycles. The van der Waals surface area contributed by atoms with Crippen LogP contribution in [0.5, 0.6) is 0 Å². The third kappa shape index (κ3) is 42.3. The molecule has 0 aromatic carbocycles. The van der Waals surface area contributed by atoms with E-state index >= 15 is 0 Å². The maximum absolute atomic E-state index is 12.7. The van der Waals surface area contributed by atoms with E-state index in [1.807, 2.05) is 0 Å². The Kier molecular flexibility index (Phi) is 42.5. The van der Waals surface area contributed by atoms with Crippen molar-refractivity contribution in [3.8, 4) is 0 Å². The van der Waals surface area contributed by atoms with E-state index in [1.54, 1.807) is 0 Å². The van der Waals surface area contributed by atoms with Crippen molar-refractivity contribution >= 4 is 17.9 Å². The van der Waals surface area contributed by atoms with E-state index in [9.17, 15) is 14.4 Å². The predicted molar refractivity (Wildman–Crippen MR) is 238 cm³/mol. The van der Waals surface area contributed by atoms with Gasteiger partial charge in [0.2, 0.25) is 0 Å². The summed E-state index contributed by atoms with van der Waals surface area (Å²) in [5, 5.41) is 0. The number of unbranched alkanes of at least 4 members (excludes halogenated alkanes) is 20. The zero-order chi connectivity index (χ0) is 40.8. The molecule has 0 saturated carbocycles. The molecule has 1 atom stereocenters. The van der Waals surface area contributed by atoms with E-state index < -0.39 is 6.10 Å². The molecule has 0 rings (SSSR count). The lowest BCUT2D eigenvalue weighted by atomic mass is 10.1. The summed E-state index contributed by atoms with van der Waals surface area (Å²) in [6.45, 7) is 6.42. The minimum absolute atomic E-state index is 0.104. The first-order chi connectivity index (χ1) is 27.5. The lowest BCUT2D eigenvalue weighted by molar-refractivity contribution is -0.167. The van der Waals surface area contributed by atoms with E-state index in [0.29, 0.717) is 19.3 Å². The number of carbonyl (C=O) groups is 3.